The number of nitrogens with one attached hydrogen (secondary N) is 1. The third kappa shape index (κ3) is 4.02. The van der Waals surface area contributed by atoms with Gasteiger partial charge in [-0.3, -0.25) is 4.79 Å². The van der Waals surface area contributed by atoms with Crippen molar-refractivity contribution in [1.29, 1.82) is 0 Å². The van der Waals surface area contributed by atoms with Crippen LogP contribution in [-0.2, 0) is 16.0 Å². The highest BCUT2D eigenvalue weighted by molar-refractivity contribution is 5.98. The van der Waals surface area contributed by atoms with Crippen LogP contribution in [0.3, 0.4) is 0 Å². The molecule has 0 aliphatic heterocycles. The van der Waals surface area contributed by atoms with Gasteiger partial charge in [0.1, 0.15) is 11.4 Å². The first-order valence-corrected chi connectivity index (χ1v) is 8.03. The molecule has 26 heavy (non-hydrogen) atoms. The highest BCUT2D eigenvalue weighted by Gasteiger charge is 2.20. The highest BCUT2D eigenvalue weighted by Crippen LogP contribution is 2.13. The largest absolute Gasteiger partial charge is 0.452 e. The number of carbonyl (C=O) groups excluding carboxylic acids is 2. The maximum absolute atomic E-state index is 12.8. The zero-order valence-electron chi connectivity index (χ0n) is 14.1. The first-order valence-electron chi connectivity index (χ1n) is 8.03. The minimum absolute atomic E-state index is 0.240. The smallest absolute Gasteiger partial charge is 0.344 e. The molecular weight excluding hydrogens is 339 g/mol. The summed E-state index contributed by atoms with van der Waals surface area (Å²) in [6, 6.07) is 7.74. The minimum Gasteiger partial charge on any atom is -0.452 e. The van der Waals surface area contributed by atoms with Crippen LogP contribution in [0.5, 0.6) is 0 Å². The quantitative estimate of drug-likeness (QED) is 0.680. The second-order valence-electron chi connectivity index (χ2n) is 5.65. The Kier molecular flexibility index (Phi) is 5.21. The summed E-state index contributed by atoms with van der Waals surface area (Å²) < 4.78 is 19.4. The summed E-state index contributed by atoms with van der Waals surface area (Å²) in [7, 11) is 0. The lowest BCUT2D eigenvalue weighted by Crippen LogP contribution is -2.30. The molecule has 1 N–H and O–H groups in total. The van der Waals surface area contributed by atoms with Gasteiger partial charge in [-0.05, 0) is 37.1 Å². The van der Waals surface area contributed by atoms with Crippen molar-refractivity contribution in [3.8, 4) is 0 Å². The van der Waals surface area contributed by atoms with Crippen molar-refractivity contribution in [2.24, 2.45) is 0 Å². The molecule has 3 aromatic rings. The maximum atomic E-state index is 12.8. The predicted molar refractivity (Wildman–Crippen MR) is 91.1 cm³/mol. The van der Waals surface area contributed by atoms with Gasteiger partial charge in [-0.1, -0.05) is 12.1 Å². The van der Waals surface area contributed by atoms with E-state index in [1.54, 1.807) is 37.5 Å². The Labute approximate surface area is 148 Å². The lowest BCUT2D eigenvalue weighted by Gasteiger charge is -2.06. The SMILES string of the molecule is Cc1nn2cccnc2c1C(=O)OCC(=O)NCCc1ccc(F)cc1. The second kappa shape index (κ2) is 7.73. The van der Waals surface area contributed by atoms with Crippen molar-refractivity contribution in [3.63, 3.8) is 0 Å². The zero-order valence-corrected chi connectivity index (χ0v) is 14.1. The standard InChI is InChI=1S/C18H17FN4O3/c1-12-16(17-21-8-2-10-23(17)22-12)18(25)26-11-15(24)20-9-7-13-3-5-14(19)6-4-13/h2-6,8,10H,7,9,11H2,1H3,(H,20,24). The minimum atomic E-state index is -0.648. The molecule has 1 aromatic carbocycles. The summed E-state index contributed by atoms with van der Waals surface area (Å²) in [5.41, 5.74) is 2.00. The van der Waals surface area contributed by atoms with Crippen molar-refractivity contribution >= 4 is 17.5 Å². The molecule has 0 saturated carbocycles. The van der Waals surface area contributed by atoms with Crippen molar-refractivity contribution < 1.29 is 18.7 Å². The highest BCUT2D eigenvalue weighted by atomic mass is 19.1. The van der Waals surface area contributed by atoms with E-state index in [4.69, 9.17) is 4.74 Å². The molecule has 2 heterocycles. The molecule has 0 fully saturated rings. The van der Waals surface area contributed by atoms with Crippen LogP contribution in [-0.4, -0.2) is 39.6 Å². The molecule has 7 nitrogen and oxygen atoms in total. The number of aromatic nitrogens is 3. The molecule has 0 radical (unpaired) electrons. The molecule has 0 aliphatic carbocycles. The fraction of sp³-hybridized carbons (Fsp3) is 0.222. The van der Waals surface area contributed by atoms with Gasteiger partial charge in [0.25, 0.3) is 5.91 Å². The lowest BCUT2D eigenvalue weighted by molar-refractivity contribution is -0.124. The van der Waals surface area contributed by atoms with E-state index in [1.807, 2.05) is 0 Å². The van der Waals surface area contributed by atoms with Crippen molar-refractivity contribution in [3.05, 3.63) is 65.4 Å². The van der Waals surface area contributed by atoms with Crippen LogP contribution in [0.2, 0.25) is 0 Å². The number of fused-ring (bicyclic) bond motifs is 1. The Morgan fingerprint density at radius 1 is 1.27 bits per heavy atom. The Hall–Kier alpha value is -3.29. The molecule has 3 rings (SSSR count). The molecule has 0 atom stereocenters. The number of halogens is 1. The Balaban J connectivity index is 1.50. The second-order valence-corrected chi connectivity index (χ2v) is 5.65. The molecule has 0 unspecified atom stereocenters. The van der Waals surface area contributed by atoms with E-state index in [9.17, 15) is 14.0 Å². The number of rotatable bonds is 6. The van der Waals surface area contributed by atoms with Crippen LogP contribution in [0.15, 0.2) is 42.7 Å². The molecule has 0 aliphatic rings. The Morgan fingerprint density at radius 3 is 2.81 bits per heavy atom. The summed E-state index contributed by atoms with van der Waals surface area (Å²) in [4.78, 5) is 28.2. The van der Waals surface area contributed by atoms with Gasteiger partial charge in [-0.25, -0.2) is 18.7 Å². The van der Waals surface area contributed by atoms with Gasteiger partial charge < -0.3 is 10.1 Å². The number of hydrogen-bond acceptors (Lipinski definition) is 5. The first-order chi connectivity index (χ1) is 12.5. The van der Waals surface area contributed by atoms with Crippen molar-refractivity contribution in [1.82, 2.24) is 19.9 Å². The van der Waals surface area contributed by atoms with E-state index in [1.165, 1.54) is 16.6 Å². The van der Waals surface area contributed by atoms with E-state index in [2.05, 4.69) is 15.4 Å². The first kappa shape index (κ1) is 17.5. The molecule has 2 aromatic heterocycles. The monoisotopic (exact) mass is 356 g/mol. The van der Waals surface area contributed by atoms with Gasteiger partial charge in [0.05, 0.1) is 5.69 Å². The molecule has 134 valence electrons. The number of ether oxygens (including phenoxy) is 1. The summed E-state index contributed by atoms with van der Waals surface area (Å²) >= 11 is 0. The predicted octanol–water partition coefficient (Wildman–Crippen LogP) is 1.69. The van der Waals surface area contributed by atoms with Gasteiger partial charge >= 0.3 is 5.97 Å². The maximum Gasteiger partial charge on any atom is 0.344 e. The third-order valence-corrected chi connectivity index (χ3v) is 3.76. The van der Waals surface area contributed by atoms with E-state index >= 15 is 0 Å². The average Bonchev–Trinajstić information content (AvgIpc) is 2.97. The van der Waals surface area contributed by atoms with Crippen LogP contribution >= 0.6 is 0 Å². The van der Waals surface area contributed by atoms with Gasteiger partial charge in [0.15, 0.2) is 12.3 Å². The van der Waals surface area contributed by atoms with Gasteiger partial charge in [-0.2, -0.15) is 5.10 Å². The van der Waals surface area contributed by atoms with Crippen LogP contribution < -0.4 is 5.32 Å². The number of carbonyl (C=O) groups is 2. The van der Waals surface area contributed by atoms with Gasteiger partial charge in [-0.15, -0.1) is 0 Å². The van der Waals surface area contributed by atoms with Crippen LogP contribution in [0.4, 0.5) is 4.39 Å². The third-order valence-electron chi connectivity index (χ3n) is 3.76. The van der Waals surface area contributed by atoms with E-state index in [-0.39, 0.29) is 11.4 Å². The Bertz CT molecular complexity index is 937. The van der Waals surface area contributed by atoms with Gasteiger partial charge in [0, 0.05) is 18.9 Å². The number of hydrogen-bond donors (Lipinski definition) is 1. The molecular formula is C18H17FN4O3. The van der Waals surface area contributed by atoms with E-state index < -0.39 is 18.5 Å². The number of amides is 1. The summed E-state index contributed by atoms with van der Waals surface area (Å²) in [5.74, 6) is -1.37. The summed E-state index contributed by atoms with van der Waals surface area (Å²) in [6.45, 7) is 1.64. The number of esters is 1. The Morgan fingerprint density at radius 2 is 2.04 bits per heavy atom. The van der Waals surface area contributed by atoms with Gasteiger partial charge in [0.2, 0.25) is 0 Å². The molecule has 0 bridgehead atoms. The number of nitrogens with zero attached hydrogens (tertiary/aromatic N) is 3. The fourth-order valence-corrected chi connectivity index (χ4v) is 2.49. The van der Waals surface area contributed by atoms with E-state index in [0.29, 0.717) is 24.3 Å². The van der Waals surface area contributed by atoms with Crippen LogP contribution in [0.1, 0.15) is 21.6 Å². The number of benzene rings is 1. The van der Waals surface area contributed by atoms with Crippen molar-refractivity contribution in [2.75, 3.05) is 13.2 Å². The summed E-state index contributed by atoms with van der Waals surface area (Å²) in [5, 5.41) is 6.83. The molecule has 0 spiro atoms. The lowest BCUT2D eigenvalue weighted by atomic mass is 10.1. The molecule has 0 saturated heterocycles. The average molecular weight is 356 g/mol. The fourth-order valence-electron chi connectivity index (χ4n) is 2.49. The van der Waals surface area contributed by atoms with Crippen LogP contribution in [0, 0.1) is 12.7 Å². The molecule has 8 heteroatoms. The van der Waals surface area contributed by atoms with Crippen LogP contribution in [0.25, 0.3) is 5.65 Å². The molecule has 1 amide bonds. The normalized spacial score (nSPS) is 10.7. The topological polar surface area (TPSA) is 85.6 Å². The number of aryl methyl sites for hydroxylation is 1. The van der Waals surface area contributed by atoms with E-state index in [0.717, 1.165) is 5.56 Å². The zero-order chi connectivity index (χ0) is 18.5. The summed E-state index contributed by atoms with van der Waals surface area (Å²) in [6.07, 6.45) is 3.78. The van der Waals surface area contributed by atoms with Crippen molar-refractivity contribution in [2.45, 2.75) is 13.3 Å².